The zero-order valence-electron chi connectivity index (χ0n) is 11.5. The lowest BCUT2D eigenvalue weighted by atomic mass is 9.75. The minimum absolute atomic E-state index is 0.108. The van der Waals surface area contributed by atoms with E-state index in [-0.39, 0.29) is 11.9 Å². The van der Waals surface area contributed by atoms with Crippen molar-refractivity contribution in [3.63, 3.8) is 0 Å². The molecule has 1 saturated heterocycles. The quantitative estimate of drug-likeness (QED) is 0.784. The van der Waals surface area contributed by atoms with E-state index in [0.717, 1.165) is 24.9 Å². The molecule has 2 aliphatic rings. The maximum atomic E-state index is 11.5. The molecule has 4 nitrogen and oxygen atoms in total. The van der Waals surface area contributed by atoms with Crippen LogP contribution in [-0.4, -0.2) is 43.5 Å². The van der Waals surface area contributed by atoms with Gasteiger partial charge >= 0.3 is 0 Å². The first kappa shape index (κ1) is 13.8. The Morgan fingerprint density at radius 1 is 1.33 bits per heavy atom. The van der Waals surface area contributed by atoms with Crippen LogP contribution in [0.1, 0.15) is 38.5 Å². The molecular weight excluding hydrogens is 226 g/mol. The normalized spacial score (nSPS) is 30.6. The molecule has 0 aromatic rings. The first-order valence-corrected chi connectivity index (χ1v) is 7.39. The summed E-state index contributed by atoms with van der Waals surface area (Å²) in [5.41, 5.74) is 5.85. The fraction of sp³-hybridized carbons (Fsp3) is 0.929. The van der Waals surface area contributed by atoms with Crippen molar-refractivity contribution in [3.05, 3.63) is 0 Å². The van der Waals surface area contributed by atoms with E-state index in [2.05, 4.69) is 10.2 Å². The average Bonchev–Trinajstić information content (AvgIpc) is 2.44. The number of hydrogen-bond donors (Lipinski definition) is 2. The summed E-state index contributed by atoms with van der Waals surface area (Å²) >= 11 is 0. The zero-order chi connectivity index (χ0) is 13.0. The molecule has 1 aliphatic carbocycles. The van der Waals surface area contributed by atoms with Crippen LogP contribution < -0.4 is 11.1 Å². The standard InChI is InChI=1S/C14H27N3O/c1-16-14(18)8-13(9-15)17-7-6-11-4-2-3-5-12(11)10-17/h11-13H,2-10,15H2,1H3,(H,16,18). The van der Waals surface area contributed by atoms with Crippen LogP contribution in [0.4, 0.5) is 0 Å². The number of carbonyl (C=O) groups is 1. The summed E-state index contributed by atoms with van der Waals surface area (Å²) in [5.74, 6) is 1.90. The smallest absolute Gasteiger partial charge is 0.221 e. The summed E-state index contributed by atoms with van der Waals surface area (Å²) in [7, 11) is 1.70. The van der Waals surface area contributed by atoms with Crippen molar-refractivity contribution in [3.8, 4) is 0 Å². The maximum absolute atomic E-state index is 11.5. The molecular formula is C14H27N3O. The Morgan fingerprint density at radius 2 is 2.06 bits per heavy atom. The van der Waals surface area contributed by atoms with Crippen molar-refractivity contribution in [1.82, 2.24) is 10.2 Å². The molecule has 104 valence electrons. The molecule has 2 fully saturated rings. The van der Waals surface area contributed by atoms with E-state index in [1.165, 1.54) is 32.1 Å². The van der Waals surface area contributed by atoms with Crippen molar-refractivity contribution < 1.29 is 4.79 Å². The first-order valence-electron chi connectivity index (χ1n) is 7.39. The third kappa shape index (κ3) is 3.23. The Hall–Kier alpha value is -0.610. The largest absolute Gasteiger partial charge is 0.359 e. The molecule has 1 saturated carbocycles. The van der Waals surface area contributed by atoms with Crippen LogP contribution in [0.5, 0.6) is 0 Å². The molecule has 18 heavy (non-hydrogen) atoms. The predicted molar refractivity (Wildman–Crippen MR) is 73.2 cm³/mol. The zero-order valence-corrected chi connectivity index (χ0v) is 11.5. The fourth-order valence-electron chi connectivity index (χ4n) is 3.64. The number of rotatable bonds is 4. The minimum Gasteiger partial charge on any atom is -0.359 e. The second-order valence-corrected chi connectivity index (χ2v) is 5.86. The molecule has 0 aromatic heterocycles. The summed E-state index contributed by atoms with van der Waals surface area (Å²) in [4.78, 5) is 14.0. The molecule has 4 heteroatoms. The summed E-state index contributed by atoms with van der Waals surface area (Å²) in [6, 6.07) is 0.229. The van der Waals surface area contributed by atoms with Gasteiger partial charge in [-0.3, -0.25) is 9.69 Å². The number of piperidine rings is 1. The van der Waals surface area contributed by atoms with Gasteiger partial charge in [0.2, 0.25) is 5.91 Å². The van der Waals surface area contributed by atoms with Crippen LogP contribution in [0.3, 0.4) is 0 Å². The van der Waals surface area contributed by atoms with Gasteiger partial charge in [0.05, 0.1) is 0 Å². The molecule has 0 bridgehead atoms. The Labute approximate surface area is 110 Å². The minimum atomic E-state index is 0.108. The summed E-state index contributed by atoms with van der Waals surface area (Å²) in [5, 5.41) is 2.70. The predicted octanol–water partition coefficient (Wildman–Crippen LogP) is 0.962. The lowest BCUT2D eigenvalue weighted by Gasteiger charge is -2.44. The number of likely N-dealkylation sites (tertiary alicyclic amines) is 1. The Kier molecular flexibility index (Phi) is 5.01. The van der Waals surface area contributed by atoms with E-state index < -0.39 is 0 Å². The SMILES string of the molecule is CNC(=O)CC(CN)N1CCC2CCCCC2C1. The molecule has 0 spiro atoms. The van der Waals surface area contributed by atoms with Crippen LogP contribution in [0.2, 0.25) is 0 Å². The van der Waals surface area contributed by atoms with Crippen LogP contribution in [0.15, 0.2) is 0 Å². The van der Waals surface area contributed by atoms with E-state index >= 15 is 0 Å². The van der Waals surface area contributed by atoms with E-state index in [0.29, 0.717) is 13.0 Å². The Bertz CT molecular complexity index is 282. The van der Waals surface area contributed by atoms with Gasteiger partial charge in [0, 0.05) is 32.6 Å². The van der Waals surface area contributed by atoms with E-state index in [9.17, 15) is 4.79 Å². The van der Waals surface area contributed by atoms with E-state index in [1.807, 2.05) is 0 Å². The van der Waals surface area contributed by atoms with Crippen LogP contribution in [0.25, 0.3) is 0 Å². The third-order valence-corrected chi connectivity index (χ3v) is 4.81. The van der Waals surface area contributed by atoms with Crippen molar-refractivity contribution >= 4 is 5.91 Å². The van der Waals surface area contributed by atoms with Crippen molar-refractivity contribution in [2.45, 2.75) is 44.6 Å². The lowest BCUT2D eigenvalue weighted by Crippen LogP contribution is -2.50. The lowest BCUT2D eigenvalue weighted by molar-refractivity contribution is -0.122. The van der Waals surface area contributed by atoms with E-state index in [4.69, 9.17) is 5.73 Å². The number of fused-ring (bicyclic) bond motifs is 1. The molecule has 2 rings (SSSR count). The second-order valence-electron chi connectivity index (χ2n) is 5.86. The molecule has 1 amide bonds. The molecule has 0 aromatic carbocycles. The summed E-state index contributed by atoms with van der Waals surface area (Å²) < 4.78 is 0. The van der Waals surface area contributed by atoms with Gasteiger partial charge in [0.15, 0.2) is 0 Å². The highest BCUT2D eigenvalue weighted by molar-refractivity contribution is 5.76. The number of nitrogens with one attached hydrogen (secondary N) is 1. The summed E-state index contributed by atoms with van der Waals surface area (Å²) in [6.07, 6.45) is 7.44. The number of hydrogen-bond acceptors (Lipinski definition) is 3. The fourth-order valence-corrected chi connectivity index (χ4v) is 3.64. The average molecular weight is 253 g/mol. The number of nitrogens with zero attached hydrogens (tertiary/aromatic N) is 1. The topological polar surface area (TPSA) is 58.4 Å². The summed E-state index contributed by atoms with van der Waals surface area (Å²) in [6.45, 7) is 2.87. The highest BCUT2D eigenvalue weighted by Gasteiger charge is 2.33. The maximum Gasteiger partial charge on any atom is 0.221 e. The second kappa shape index (κ2) is 6.53. The van der Waals surface area contributed by atoms with Crippen LogP contribution in [-0.2, 0) is 4.79 Å². The van der Waals surface area contributed by atoms with Crippen LogP contribution in [0, 0.1) is 11.8 Å². The number of amides is 1. The van der Waals surface area contributed by atoms with Gasteiger partial charge in [-0.05, 0) is 31.2 Å². The van der Waals surface area contributed by atoms with E-state index in [1.54, 1.807) is 7.05 Å². The molecule has 3 atom stereocenters. The highest BCUT2D eigenvalue weighted by atomic mass is 16.1. The molecule has 3 unspecified atom stereocenters. The van der Waals surface area contributed by atoms with Gasteiger partial charge in [-0.25, -0.2) is 0 Å². The number of nitrogens with two attached hydrogens (primary N) is 1. The first-order chi connectivity index (χ1) is 8.74. The molecule has 1 heterocycles. The van der Waals surface area contributed by atoms with Gasteiger partial charge in [-0.1, -0.05) is 19.3 Å². The van der Waals surface area contributed by atoms with Gasteiger partial charge in [-0.2, -0.15) is 0 Å². The van der Waals surface area contributed by atoms with Gasteiger partial charge in [0.1, 0.15) is 0 Å². The van der Waals surface area contributed by atoms with Crippen molar-refractivity contribution in [2.24, 2.45) is 17.6 Å². The Morgan fingerprint density at radius 3 is 2.72 bits per heavy atom. The number of carbonyl (C=O) groups excluding carboxylic acids is 1. The molecule has 3 N–H and O–H groups in total. The molecule has 1 aliphatic heterocycles. The monoisotopic (exact) mass is 253 g/mol. The third-order valence-electron chi connectivity index (χ3n) is 4.81. The van der Waals surface area contributed by atoms with Crippen molar-refractivity contribution in [1.29, 1.82) is 0 Å². The molecule has 0 radical (unpaired) electrons. The highest BCUT2D eigenvalue weighted by Crippen LogP contribution is 2.36. The van der Waals surface area contributed by atoms with Crippen molar-refractivity contribution in [2.75, 3.05) is 26.7 Å². The Balaban J connectivity index is 1.89. The van der Waals surface area contributed by atoms with Gasteiger partial charge < -0.3 is 11.1 Å². The van der Waals surface area contributed by atoms with Gasteiger partial charge in [-0.15, -0.1) is 0 Å². The van der Waals surface area contributed by atoms with Gasteiger partial charge in [0.25, 0.3) is 0 Å². The van der Waals surface area contributed by atoms with Crippen LogP contribution >= 0.6 is 0 Å².